The minimum Gasteiger partial charge on any atom is -0.461 e. The van der Waals surface area contributed by atoms with Crippen LogP contribution in [-0.2, 0) is 10.6 Å². The first-order valence-electron chi connectivity index (χ1n) is 5.50. The first-order valence-corrected chi connectivity index (χ1v) is 6.03. The summed E-state index contributed by atoms with van der Waals surface area (Å²) in [5, 5.41) is 0. The SMILES string of the molecule is CCOC(=O)c1cc(CCl)c(OC(F)(F)F)c(C(F)F)n1. The van der Waals surface area contributed by atoms with Crippen LogP contribution in [0.15, 0.2) is 6.07 Å². The number of nitrogens with zero attached hydrogens (tertiary/aromatic N) is 1. The van der Waals surface area contributed by atoms with E-state index in [4.69, 9.17) is 11.6 Å². The molecule has 1 aromatic heterocycles. The summed E-state index contributed by atoms with van der Waals surface area (Å²) in [4.78, 5) is 14.6. The molecule has 0 bridgehead atoms. The number of halogens is 6. The molecule has 10 heteroatoms. The van der Waals surface area contributed by atoms with E-state index in [1.54, 1.807) is 0 Å². The lowest BCUT2D eigenvalue weighted by atomic mass is 10.1. The van der Waals surface area contributed by atoms with E-state index in [1.807, 2.05) is 0 Å². The molecule has 0 saturated heterocycles. The van der Waals surface area contributed by atoms with Crippen LogP contribution < -0.4 is 4.74 Å². The molecule has 0 spiro atoms. The van der Waals surface area contributed by atoms with Crippen molar-refractivity contribution in [2.75, 3.05) is 6.61 Å². The molecule has 0 radical (unpaired) electrons. The number of hydrogen-bond donors (Lipinski definition) is 0. The van der Waals surface area contributed by atoms with Gasteiger partial charge in [-0.15, -0.1) is 24.8 Å². The third-order valence-corrected chi connectivity index (χ3v) is 2.42. The molecule has 0 aliphatic rings. The predicted octanol–water partition coefficient (Wildman–Crippen LogP) is 3.83. The first kappa shape index (κ1) is 17.4. The van der Waals surface area contributed by atoms with Gasteiger partial charge in [0.25, 0.3) is 6.43 Å². The Hall–Kier alpha value is -1.64. The van der Waals surface area contributed by atoms with E-state index >= 15 is 0 Å². The topological polar surface area (TPSA) is 48.4 Å². The molecule has 21 heavy (non-hydrogen) atoms. The number of rotatable bonds is 5. The summed E-state index contributed by atoms with van der Waals surface area (Å²) < 4.78 is 70.5. The molecule has 0 amide bonds. The zero-order valence-electron chi connectivity index (χ0n) is 10.5. The number of pyridine rings is 1. The average molecular weight is 334 g/mol. The van der Waals surface area contributed by atoms with Gasteiger partial charge < -0.3 is 9.47 Å². The number of hydrogen-bond acceptors (Lipinski definition) is 4. The molecular weight excluding hydrogens is 325 g/mol. The minimum absolute atomic E-state index is 0.0540. The summed E-state index contributed by atoms with van der Waals surface area (Å²) in [6.07, 6.45) is -8.59. The first-order chi connectivity index (χ1) is 9.69. The summed E-state index contributed by atoms with van der Waals surface area (Å²) >= 11 is 5.42. The number of carbonyl (C=O) groups excluding carboxylic acids is 1. The van der Waals surface area contributed by atoms with Gasteiger partial charge in [-0.3, -0.25) is 0 Å². The highest BCUT2D eigenvalue weighted by molar-refractivity contribution is 6.17. The summed E-state index contributed by atoms with van der Waals surface area (Å²) in [5.41, 5.74) is -2.34. The summed E-state index contributed by atoms with van der Waals surface area (Å²) in [6, 6.07) is 0.817. The molecule has 0 N–H and O–H groups in total. The summed E-state index contributed by atoms with van der Waals surface area (Å²) in [6.45, 7) is 1.41. The predicted molar refractivity (Wildman–Crippen MR) is 61.4 cm³/mol. The molecule has 118 valence electrons. The molecule has 1 aromatic rings. The monoisotopic (exact) mass is 333 g/mol. The molecular formula is C11H9ClF5NO3. The van der Waals surface area contributed by atoms with Crippen molar-refractivity contribution in [3.05, 3.63) is 23.0 Å². The fraction of sp³-hybridized carbons (Fsp3) is 0.455. The quantitative estimate of drug-likeness (QED) is 0.467. The number of ether oxygens (including phenoxy) is 2. The van der Waals surface area contributed by atoms with E-state index in [9.17, 15) is 26.7 Å². The highest BCUT2D eigenvalue weighted by Crippen LogP contribution is 2.36. The van der Waals surface area contributed by atoms with Crippen molar-refractivity contribution in [2.45, 2.75) is 25.6 Å². The van der Waals surface area contributed by atoms with Gasteiger partial charge in [-0.25, -0.2) is 18.6 Å². The summed E-state index contributed by atoms with van der Waals surface area (Å²) in [7, 11) is 0. The normalized spacial score (nSPS) is 11.6. The van der Waals surface area contributed by atoms with Crippen LogP contribution in [0.4, 0.5) is 22.0 Å². The Morgan fingerprint density at radius 1 is 1.43 bits per heavy atom. The highest BCUT2D eigenvalue weighted by atomic mass is 35.5. The molecule has 0 aliphatic carbocycles. The Morgan fingerprint density at radius 3 is 2.48 bits per heavy atom. The van der Waals surface area contributed by atoms with Gasteiger partial charge in [0.1, 0.15) is 11.4 Å². The van der Waals surface area contributed by atoms with Gasteiger partial charge in [0, 0.05) is 5.56 Å². The van der Waals surface area contributed by atoms with Crippen molar-refractivity contribution in [3.63, 3.8) is 0 Å². The fourth-order valence-corrected chi connectivity index (χ4v) is 1.60. The Morgan fingerprint density at radius 2 is 2.05 bits per heavy atom. The highest BCUT2D eigenvalue weighted by Gasteiger charge is 2.36. The standard InChI is InChI=1S/C11H9ClF5NO3/c1-2-20-10(19)6-3-5(4-12)8(21-11(15,16)17)7(18-6)9(13)14/h3,9H,2,4H2,1H3. The third-order valence-electron chi connectivity index (χ3n) is 2.13. The number of aromatic nitrogens is 1. The van der Waals surface area contributed by atoms with Crippen LogP contribution in [0.3, 0.4) is 0 Å². The number of carbonyl (C=O) groups is 1. The second-order valence-corrected chi connectivity index (χ2v) is 3.85. The molecule has 0 aromatic carbocycles. The van der Waals surface area contributed by atoms with Gasteiger partial charge >= 0.3 is 12.3 Å². The van der Waals surface area contributed by atoms with Crippen LogP contribution in [0.25, 0.3) is 0 Å². The van der Waals surface area contributed by atoms with Gasteiger partial charge in [-0.1, -0.05) is 0 Å². The van der Waals surface area contributed by atoms with E-state index in [1.165, 1.54) is 6.92 Å². The van der Waals surface area contributed by atoms with Crippen molar-refractivity contribution < 1.29 is 36.2 Å². The van der Waals surface area contributed by atoms with E-state index in [-0.39, 0.29) is 6.61 Å². The van der Waals surface area contributed by atoms with Gasteiger partial charge in [0.2, 0.25) is 0 Å². The Bertz CT molecular complexity index is 521. The molecule has 0 atom stereocenters. The third kappa shape index (κ3) is 4.69. The Labute approximate surface area is 120 Å². The Balaban J connectivity index is 3.39. The van der Waals surface area contributed by atoms with E-state index in [2.05, 4.69) is 14.5 Å². The molecule has 4 nitrogen and oxygen atoms in total. The van der Waals surface area contributed by atoms with Crippen LogP contribution in [0.5, 0.6) is 5.75 Å². The molecule has 1 heterocycles. The molecule has 0 saturated carbocycles. The van der Waals surface area contributed by atoms with Gasteiger partial charge in [-0.2, -0.15) is 0 Å². The zero-order chi connectivity index (χ0) is 16.2. The van der Waals surface area contributed by atoms with Gasteiger partial charge in [-0.05, 0) is 13.0 Å². The molecule has 0 fully saturated rings. The van der Waals surface area contributed by atoms with Crippen molar-refractivity contribution >= 4 is 17.6 Å². The minimum atomic E-state index is -5.20. The van der Waals surface area contributed by atoms with Crippen LogP contribution in [0, 0.1) is 0 Å². The molecule has 0 aliphatic heterocycles. The maximum absolute atomic E-state index is 12.8. The van der Waals surface area contributed by atoms with Crippen LogP contribution in [-0.4, -0.2) is 23.9 Å². The van der Waals surface area contributed by atoms with Crippen LogP contribution in [0.2, 0.25) is 0 Å². The van der Waals surface area contributed by atoms with Gasteiger partial charge in [0.05, 0.1) is 12.5 Å². The number of alkyl halides is 6. The summed E-state index contributed by atoms with van der Waals surface area (Å²) in [5.74, 6) is -2.84. The lowest BCUT2D eigenvalue weighted by molar-refractivity contribution is -0.275. The fourth-order valence-electron chi connectivity index (χ4n) is 1.40. The smallest absolute Gasteiger partial charge is 0.461 e. The maximum Gasteiger partial charge on any atom is 0.573 e. The van der Waals surface area contributed by atoms with E-state index < -0.39 is 47.3 Å². The average Bonchev–Trinajstić information content (AvgIpc) is 2.36. The van der Waals surface area contributed by atoms with Gasteiger partial charge in [0.15, 0.2) is 5.75 Å². The van der Waals surface area contributed by atoms with E-state index in [0.717, 1.165) is 6.07 Å². The molecule has 1 rings (SSSR count). The Kier molecular flexibility index (Phi) is 5.70. The second kappa shape index (κ2) is 6.88. The lowest BCUT2D eigenvalue weighted by Crippen LogP contribution is -2.21. The number of esters is 1. The van der Waals surface area contributed by atoms with E-state index in [0.29, 0.717) is 0 Å². The second-order valence-electron chi connectivity index (χ2n) is 3.58. The van der Waals surface area contributed by atoms with Crippen molar-refractivity contribution in [1.29, 1.82) is 0 Å². The van der Waals surface area contributed by atoms with Crippen molar-refractivity contribution in [2.24, 2.45) is 0 Å². The largest absolute Gasteiger partial charge is 0.573 e. The van der Waals surface area contributed by atoms with Crippen molar-refractivity contribution in [3.8, 4) is 5.75 Å². The van der Waals surface area contributed by atoms with Crippen molar-refractivity contribution in [1.82, 2.24) is 4.98 Å². The van der Waals surface area contributed by atoms with Crippen LogP contribution in [0.1, 0.15) is 35.1 Å². The lowest BCUT2D eigenvalue weighted by Gasteiger charge is -2.16. The van der Waals surface area contributed by atoms with Crippen LogP contribution >= 0.6 is 11.6 Å². The zero-order valence-corrected chi connectivity index (χ0v) is 11.3. The maximum atomic E-state index is 12.8. The molecule has 0 unspecified atom stereocenters.